The van der Waals surface area contributed by atoms with Crippen LogP contribution in [0.1, 0.15) is 38.2 Å². The van der Waals surface area contributed by atoms with E-state index < -0.39 is 0 Å². The van der Waals surface area contributed by atoms with Gasteiger partial charge in [0.15, 0.2) is 14.7 Å². The average molecular weight is 458 g/mol. The predicted octanol–water partition coefficient (Wildman–Crippen LogP) is 8.74. The lowest BCUT2D eigenvalue weighted by molar-refractivity contribution is 0.881. The van der Waals surface area contributed by atoms with Crippen LogP contribution < -0.4 is 0 Å². The van der Waals surface area contributed by atoms with Crippen LogP contribution in [0.15, 0.2) is 123 Å². The van der Waals surface area contributed by atoms with Crippen molar-refractivity contribution in [1.82, 2.24) is 0 Å². The molecule has 32 heavy (non-hydrogen) atoms. The van der Waals surface area contributed by atoms with E-state index in [9.17, 15) is 0 Å². The van der Waals surface area contributed by atoms with Crippen LogP contribution in [-0.4, -0.2) is 5.25 Å². The van der Waals surface area contributed by atoms with Crippen LogP contribution in [-0.2, 0) is 10.9 Å². The molecule has 3 atom stereocenters. The third-order valence-electron chi connectivity index (χ3n) is 5.72. The number of rotatable bonds is 5. The second-order valence-corrected chi connectivity index (χ2v) is 11.9. The molecule has 1 aromatic rings. The summed E-state index contributed by atoms with van der Waals surface area (Å²) in [6.45, 7) is 4.40. The molecule has 4 rings (SSSR count). The van der Waals surface area contributed by atoms with Crippen molar-refractivity contribution in [1.29, 1.82) is 0 Å². The first-order valence-electron chi connectivity index (χ1n) is 11.6. The minimum Gasteiger partial charge on any atom is -0.122 e. The fraction of sp³-hybridized carbons (Fsp3) is 0.267. The summed E-state index contributed by atoms with van der Waals surface area (Å²) in [7, 11) is -0.100. The second-order valence-electron chi connectivity index (χ2n) is 8.46. The third-order valence-corrected chi connectivity index (χ3v) is 9.28. The highest BCUT2D eigenvalue weighted by atomic mass is 32.2. The van der Waals surface area contributed by atoms with Gasteiger partial charge in [-0.1, -0.05) is 73.2 Å². The zero-order chi connectivity index (χ0) is 22.2. The molecule has 0 amide bonds. The van der Waals surface area contributed by atoms with E-state index in [2.05, 4.69) is 117 Å². The van der Waals surface area contributed by atoms with Crippen molar-refractivity contribution >= 4 is 22.7 Å². The molecule has 3 aliphatic carbocycles. The molecule has 1 aromatic carbocycles. The van der Waals surface area contributed by atoms with Crippen molar-refractivity contribution in [3.8, 4) is 0 Å². The quantitative estimate of drug-likeness (QED) is 0.314. The summed E-state index contributed by atoms with van der Waals surface area (Å²) in [5.74, 6) is 0.474. The Labute approximate surface area is 201 Å². The SMILES string of the molecule is Cc1ccc([S+](C2=CC=CC(C)C=C2)C2=CCC=C(SC3CC=CC/C=C\C3)C=C2)cc1. The molecule has 0 spiro atoms. The number of aryl methyl sites for hydroxylation is 1. The smallest absolute Gasteiger partial charge is 0.122 e. The van der Waals surface area contributed by atoms with Gasteiger partial charge in [0.05, 0.1) is 10.9 Å². The molecule has 0 fully saturated rings. The van der Waals surface area contributed by atoms with Gasteiger partial charge >= 0.3 is 0 Å². The van der Waals surface area contributed by atoms with Crippen LogP contribution in [0.25, 0.3) is 0 Å². The summed E-state index contributed by atoms with van der Waals surface area (Å²) >= 11 is 2.03. The molecule has 0 N–H and O–H groups in total. The van der Waals surface area contributed by atoms with Gasteiger partial charge in [-0.25, -0.2) is 0 Å². The van der Waals surface area contributed by atoms with Gasteiger partial charge in [-0.2, -0.15) is 0 Å². The highest BCUT2D eigenvalue weighted by molar-refractivity contribution is 8.04. The molecule has 3 aliphatic rings. The highest BCUT2D eigenvalue weighted by Crippen LogP contribution is 2.36. The number of hydrogen-bond donors (Lipinski definition) is 0. The van der Waals surface area contributed by atoms with Crippen molar-refractivity contribution in [2.75, 3.05) is 0 Å². The fourth-order valence-electron chi connectivity index (χ4n) is 3.89. The molecular weight excluding hydrogens is 424 g/mol. The molecule has 0 radical (unpaired) electrons. The van der Waals surface area contributed by atoms with Gasteiger partial charge < -0.3 is 0 Å². The predicted molar refractivity (Wildman–Crippen MR) is 146 cm³/mol. The minimum atomic E-state index is -0.100. The number of thioether (sulfide) groups is 1. The van der Waals surface area contributed by atoms with Gasteiger partial charge in [0, 0.05) is 10.2 Å². The van der Waals surface area contributed by atoms with E-state index in [0.29, 0.717) is 11.2 Å². The highest BCUT2D eigenvalue weighted by Gasteiger charge is 2.31. The number of benzene rings is 1. The summed E-state index contributed by atoms with van der Waals surface area (Å²) in [5, 5.41) is 0.620. The summed E-state index contributed by atoms with van der Waals surface area (Å²) in [4.78, 5) is 5.58. The van der Waals surface area contributed by atoms with E-state index in [1.165, 1.54) is 25.2 Å². The number of allylic oxidation sites excluding steroid dienone is 13. The van der Waals surface area contributed by atoms with Gasteiger partial charge in [-0.15, -0.1) is 11.8 Å². The molecule has 2 heteroatoms. The molecular formula is C30H33S2+. The van der Waals surface area contributed by atoms with Crippen LogP contribution in [0.2, 0.25) is 0 Å². The van der Waals surface area contributed by atoms with Crippen LogP contribution >= 0.6 is 11.8 Å². The Hall–Kier alpha value is -2.16. The van der Waals surface area contributed by atoms with Crippen molar-refractivity contribution < 1.29 is 0 Å². The first-order valence-corrected chi connectivity index (χ1v) is 13.7. The first-order chi connectivity index (χ1) is 15.7. The lowest BCUT2D eigenvalue weighted by atomic mass is 10.1. The Morgan fingerprint density at radius 2 is 1.59 bits per heavy atom. The maximum atomic E-state index is 2.43. The van der Waals surface area contributed by atoms with Crippen LogP contribution in [0, 0.1) is 12.8 Å². The molecule has 0 aliphatic heterocycles. The molecule has 164 valence electrons. The van der Waals surface area contributed by atoms with Gasteiger partial charge in [0.2, 0.25) is 0 Å². The lowest BCUT2D eigenvalue weighted by Crippen LogP contribution is -2.07. The molecule has 0 nitrogen and oxygen atoms in total. The van der Waals surface area contributed by atoms with E-state index >= 15 is 0 Å². The second kappa shape index (κ2) is 11.6. The third kappa shape index (κ3) is 6.43. The summed E-state index contributed by atoms with van der Waals surface area (Å²) in [6, 6.07) is 9.10. The van der Waals surface area contributed by atoms with E-state index in [4.69, 9.17) is 0 Å². The Balaban J connectivity index is 1.57. The minimum absolute atomic E-state index is 0.100. The van der Waals surface area contributed by atoms with E-state index in [-0.39, 0.29) is 10.9 Å². The lowest BCUT2D eigenvalue weighted by Gasteiger charge is -2.14. The molecule has 0 aromatic heterocycles. The Kier molecular flexibility index (Phi) is 8.36. The fourth-order valence-corrected chi connectivity index (χ4v) is 7.15. The monoisotopic (exact) mass is 457 g/mol. The van der Waals surface area contributed by atoms with Gasteiger partial charge in [-0.3, -0.25) is 0 Å². The Morgan fingerprint density at radius 3 is 2.38 bits per heavy atom. The molecule has 3 unspecified atom stereocenters. The molecule has 0 heterocycles. The van der Waals surface area contributed by atoms with Crippen LogP contribution in [0.4, 0.5) is 0 Å². The van der Waals surface area contributed by atoms with E-state index in [1.54, 1.807) is 0 Å². The maximum absolute atomic E-state index is 2.43. The maximum Gasteiger partial charge on any atom is 0.166 e. The standard InChI is InChI=1S/C30H33S2/c1-24-10-8-14-28(20-16-24)32(30-21-17-25(2)18-22-30)29-15-9-13-27(19-23-29)31-26-11-6-4-3-5-7-12-26/h4-8,10,13-24,26H,3,9,11-12H2,1-2H3/q+1/b6-4-,7-5?. The Bertz CT molecular complexity index is 1010. The summed E-state index contributed by atoms with van der Waals surface area (Å²) in [6.07, 6.45) is 34.6. The van der Waals surface area contributed by atoms with Crippen molar-refractivity contribution in [2.24, 2.45) is 5.92 Å². The topological polar surface area (TPSA) is 0 Å². The Morgan fingerprint density at radius 1 is 0.812 bits per heavy atom. The summed E-state index contributed by atoms with van der Waals surface area (Å²) in [5.41, 5.74) is 1.31. The van der Waals surface area contributed by atoms with Gasteiger partial charge in [-0.05, 0) is 81.0 Å². The molecule has 0 saturated carbocycles. The largest absolute Gasteiger partial charge is 0.166 e. The van der Waals surface area contributed by atoms with Crippen LogP contribution in [0.3, 0.4) is 0 Å². The van der Waals surface area contributed by atoms with Crippen molar-refractivity contribution in [3.05, 3.63) is 124 Å². The average Bonchev–Trinajstić information content (AvgIpc) is 3.12. The zero-order valence-corrected chi connectivity index (χ0v) is 20.7. The van der Waals surface area contributed by atoms with Gasteiger partial charge in [0.25, 0.3) is 0 Å². The first kappa shape index (κ1) is 23.0. The molecule has 0 saturated heterocycles. The van der Waals surface area contributed by atoms with Crippen molar-refractivity contribution in [2.45, 2.75) is 49.7 Å². The van der Waals surface area contributed by atoms with Gasteiger partial charge in [0.1, 0.15) is 0 Å². The zero-order valence-electron chi connectivity index (χ0n) is 19.1. The number of hydrogen-bond acceptors (Lipinski definition) is 1. The van der Waals surface area contributed by atoms with E-state index in [1.807, 2.05) is 11.8 Å². The van der Waals surface area contributed by atoms with Crippen LogP contribution in [0.5, 0.6) is 0 Å². The normalized spacial score (nSPS) is 25.0. The molecule has 0 bridgehead atoms. The van der Waals surface area contributed by atoms with Crippen molar-refractivity contribution in [3.63, 3.8) is 0 Å². The van der Waals surface area contributed by atoms with E-state index in [0.717, 1.165) is 25.7 Å². The summed E-state index contributed by atoms with van der Waals surface area (Å²) < 4.78 is 0.